The van der Waals surface area contributed by atoms with Gasteiger partial charge in [0.1, 0.15) is 11.7 Å². The third-order valence-corrected chi connectivity index (χ3v) is 4.55. The number of aromatic nitrogens is 3. The first-order valence-corrected chi connectivity index (χ1v) is 9.47. The highest BCUT2D eigenvalue weighted by atomic mass is 16.3. The molecule has 1 saturated carbocycles. The van der Waals surface area contributed by atoms with Gasteiger partial charge in [0.2, 0.25) is 5.95 Å². The van der Waals surface area contributed by atoms with Crippen LogP contribution in [0.15, 0.2) is 60.5 Å². The molecule has 7 nitrogen and oxygen atoms in total. The summed E-state index contributed by atoms with van der Waals surface area (Å²) in [5.41, 5.74) is 1.66. The molecule has 1 aliphatic carbocycles. The van der Waals surface area contributed by atoms with E-state index in [0.29, 0.717) is 11.8 Å². The van der Waals surface area contributed by atoms with E-state index in [-0.39, 0.29) is 12.1 Å². The lowest BCUT2D eigenvalue weighted by atomic mass is 9.93. The maximum Gasteiger partial charge on any atom is 0.230 e. The molecule has 146 valence electrons. The fourth-order valence-corrected chi connectivity index (χ4v) is 3.08. The van der Waals surface area contributed by atoms with Crippen LogP contribution in [-0.4, -0.2) is 38.0 Å². The van der Waals surface area contributed by atoms with Crippen molar-refractivity contribution in [3.63, 3.8) is 0 Å². The molecule has 0 bridgehead atoms. The lowest BCUT2D eigenvalue weighted by Gasteiger charge is -2.27. The van der Waals surface area contributed by atoms with Crippen molar-refractivity contribution in [3.05, 3.63) is 55.5 Å². The van der Waals surface area contributed by atoms with Crippen molar-refractivity contribution < 1.29 is 5.11 Å². The van der Waals surface area contributed by atoms with Crippen molar-refractivity contribution in [2.45, 2.75) is 44.8 Å². The summed E-state index contributed by atoms with van der Waals surface area (Å²) in [5.74, 6) is 1.87. The van der Waals surface area contributed by atoms with Gasteiger partial charge in [-0.15, -0.1) is 0 Å². The Morgan fingerprint density at radius 3 is 2.79 bits per heavy atom. The zero-order valence-electron chi connectivity index (χ0n) is 16.0. The zero-order chi connectivity index (χ0) is 19.8. The number of pyridine rings is 1. The Bertz CT molecular complexity index is 841. The van der Waals surface area contributed by atoms with Crippen molar-refractivity contribution in [2.75, 3.05) is 10.6 Å². The van der Waals surface area contributed by atoms with Crippen LogP contribution in [0.1, 0.15) is 32.6 Å². The highest BCUT2D eigenvalue weighted by Crippen LogP contribution is 2.28. The van der Waals surface area contributed by atoms with Crippen LogP contribution in [0, 0.1) is 0 Å². The number of amidine groups is 1. The molecule has 0 spiro atoms. The van der Waals surface area contributed by atoms with Gasteiger partial charge in [0.25, 0.3) is 0 Å². The predicted molar refractivity (Wildman–Crippen MR) is 113 cm³/mol. The molecule has 2 aromatic heterocycles. The van der Waals surface area contributed by atoms with E-state index in [4.69, 9.17) is 0 Å². The van der Waals surface area contributed by atoms with Gasteiger partial charge in [0.15, 0.2) is 0 Å². The van der Waals surface area contributed by atoms with Crippen molar-refractivity contribution in [3.8, 4) is 11.3 Å². The molecule has 0 radical (unpaired) electrons. The first-order chi connectivity index (χ1) is 13.7. The number of hydrogen-bond donors (Lipinski definition) is 3. The standard InChI is InChI=1S/C21H26N6O/c1-3-4-12-22-15(2)25-21-24-14-18(19-7-5-6-13-23-19)20(27-21)26-16-8-10-17(28)11-9-16/h3-7,12-14,16-17,28H,1,8-11H2,2H3,(H2,22,24,25,26,27)/b12-4-. The fraction of sp³-hybridized carbons (Fsp3) is 0.333. The molecule has 0 saturated heterocycles. The SMILES string of the molecule is C=C/C=C\N=C(C)Nc1ncc(-c2ccccn2)c(NC2CCC(O)CC2)n1. The van der Waals surface area contributed by atoms with Crippen LogP contribution in [-0.2, 0) is 0 Å². The monoisotopic (exact) mass is 378 g/mol. The first-order valence-electron chi connectivity index (χ1n) is 9.47. The second-order valence-electron chi connectivity index (χ2n) is 6.74. The topological polar surface area (TPSA) is 95.3 Å². The Morgan fingerprint density at radius 1 is 1.25 bits per heavy atom. The summed E-state index contributed by atoms with van der Waals surface area (Å²) < 4.78 is 0. The van der Waals surface area contributed by atoms with Crippen LogP contribution in [0.4, 0.5) is 11.8 Å². The van der Waals surface area contributed by atoms with Crippen molar-refractivity contribution in [2.24, 2.45) is 4.99 Å². The molecule has 2 heterocycles. The van der Waals surface area contributed by atoms with E-state index in [0.717, 1.165) is 42.8 Å². The van der Waals surface area contributed by atoms with Gasteiger partial charge in [0, 0.05) is 24.6 Å². The van der Waals surface area contributed by atoms with E-state index in [9.17, 15) is 5.11 Å². The van der Waals surface area contributed by atoms with Crippen LogP contribution in [0.25, 0.3) is 11.3 Å². The summed E-state index contributed by atoms with van der Waals surface area (Å²) in [5, 5.41) is 16.4. The minimum atomic E-state index is -0.196. The second kappa shape index (κ2) is 9.75. The maximum absolute atomic E-state index is 9.76. The normalized spacial score (nSPS) is 20.1. The molecular formula is C21H26N6O. The Labute approximate surface area is 165 Å². The van der Waals surface area contributed by atoms with Crippen LogP contribution in [0.5, 0.6) is 0 Å². The van der Waals surface area contributed by atoms with E-state index in [1.165, 1.54) is 0 Å². The number of hydrogen-bond acceptors (Lipinski definition) is 6. The summed E-state index contributed by atoms with van der Waals surface area (Å²) >= 11 is 0. The summed E-state index contributed by atoms with van der Waals surface area (Å²) in [6.45, 7) is 5.47. The summed E-state index contributed by atoms with van der Waals surface area (Å²) in [4.78, 5) is 17.8. The van der Waals surface area contributed by atoms with Gasteiger partial charge in [-0.25, -0.2) is 9.98 Å². The molecular weight excluding hydrogens is 352 g/mol. The van der Waals surface area contributed by atoms with Gasteiger partial charge in [0.05, 0.1) is 17.4 Å². The number of aliphatic hydroxyl groups excluding tert-OH is 1. The Balaban J connectivity index is 1.85. The second-order valence-corrected chi connectivity index (χ2v) is 6.74. The van der Waals surface area contributed by atoms with Crippen molar-refractivity contribution >= 4 is 17.6 Å². The fourth-order valence-electron chi connectivity index (χ4n) is 3.08. The maximum atomic E-state index is 9.76. The minimum absolute atomic E-state index is 0.196. The lowest BCUT2D eigenvalue weighted by Crippen LogP contribution is -2.29. The molecule has 0 amide bonds. The average molecular weight is 378 g/mol. The number of nitrogens with one attached hydrogen (secondary N) is 2. The number of anilines is 2. The molecule has 3 N–H and O–H groups in total. The minimum Gasteiger partial charge on any atom is -0.393 e. The molecule has 2 aromatic rings. The molecule has 3 rings (SSSR count). The van der Waals surface area contributed by atoms with Crippen LogP contribution in [0.3, 0.4) is 0 Å². The number of allylic oxidation sites excluding steroid dienone is 2. The van der Waals surface area contributed by atoms with E-state index in [1.54, 1.807) is 30.7 Å². The molecule has 1 aliphatic rings. The van der Waals surface area contributed by atoms with Crippen LogP contribution in [0.2, 0.25) is 0 Å². The summed E-state index contributed by atoms with van der Waals surface area (Å²) in [6.07, 6.45) is 11.8. The molecule has 0 unspecified atom stereocenters. The summed E-state index contributed by atoms with van der Waals surface area (Å²) in [6, 6.07) is 6.03. The number of aliphatic imine (C=N–C) groups is 1. The van der Waals surface area contributed by atoms with Crippen molar-refractivity contribution in [1.82, 2.24) is 15.0 Å². The molecule has 1 fully saturated rings. The quantitative estimate of drug-likeness (QED) is 0.402. The molecule has 0 atom stereocenters. The Kier molecular flexibility index (Phi) is 6.86. The molecule has 7 heteroatoms. The van der Waals surface area contributed by atoms with Crippen LogP contribution < -0.4 is 10.6 Å². The Morgan fingerprint density at radius 2 is 2.07 bits per heavy atom. The van der Waals surface area contributed by atoms with Gasteiger partial charge >= 0.3 is 0 Å². The smallest absolute Gasteiger partial charge is 0.230 e. The molecule has 0 aromatic carbocycles. The number of rotatable bonds is 6. The Hall–Kier alpha value is -3.06. The largest absolute Gasteiger partial charge is 0.393 e. The van der Waals surface area contributed by atoms with Gasteiger partial charge in [-0.05, 0) is 50.8 Å². The zero-order valence-corrected chi connectivity index (χ0v) is 16.0. The predicted octanol–water partition coefficient (Wildman–Crippen LogP) is 3.78. The first kappa shape index (κ1) is 19.7. The highest BCUT2D eigenvalue weighted by Gasteiger charge is 2.21. The third kappa shape index (κ3) is 5.47. The van der Waals surface area contributed by atoms with E-state index < -0.39 is 0 Å². The average Bonchev–Trinajstić information content (AvgIpc) is 2.71. The van der Waals surface area contributed by atoms with E-state index in [1.807, 2.05) is 25.1 Å². The molecule has 0 aliphatic heterocycles. The van der Waals surface area contributed by atoms with Gasteiger partial charge in [-0.2, -0.15) is 4.98 Å². The number of nitrogens with zero attached hydrogens (tertiary/aromatic N) is 4. The van der Waals surface area contributed by atoms with Gasteiger partial charge < -0.3 is 15.7 Å². The van der Waals surface area contributed by atoms with E-state index >= 15 is 0 Å². The van der Waals surface area contributed by atoms with Crippen LogP contribution >= 0.6 is 0 Å². The lowest BCUT2D eigenvalue weighted by molar-refractivity contribution is 0.126. The third-order valence-electron chi connectivity index (χ3n) is 4.55. The van der Waals surface area contributed by atoms with Gasteiger partial charge in [-0.1, -0.05) is 18.7 Å². The highest BCUT2D eigenvalue weighted by molar-refractivity contribution is 5.92. The summed E-state index contributed by atoms with van der Waals surface area (Å²) in [7, 11) is 0. The van der Waals surface area contributed by atoms with E-state index in [2.05, 4.69) is 37.2 Å². The number of aliphatic hydroxyl groups is 1. The van der Waals surface area contributed by atoms with Crippen molar-refractivity contribution in [1.29, 1.82) is 0 Å². The molecule has 28 heavy (non-hydrogen) atoms. The van der Waals surface area contributed by atoms with Gasteiger partial charge in [-0.3, -0.25) is 4.98 Å².